The number of hydrogen-bond donors (Lipinski definition) is 16. The van der Waals surface area contributed by atoms with Crippen molar-refractivity contribution >= 4 is 103 Å². The van der Waals surface area contributed by atoms with E-state index in [2.05, 4.69) is 47.5 Å². The van der Waals surface area contributed by atoms with Gasteiger partial charge in [0.1, 0.15) is 53.8 Å². The van der Waals surface area contributed by atoms with E-state index in [0.29, 0.717) is 33.1 Å². The molecule has 0 unspecified atom stereocenters. The molecule has 1 aliphatic rings. The summed E-state index contributed by atoms with van der Waals surface area (Å²) in [4.78, 5) is 130. The van der Waals surface area contributed by atoms with E-state index < -0.39 is 119 Å². The molecule has 8 atom stereocenters. The van der Waals surface area contributed by atoms with Crippen LogP contribution in [0.15, 0.2) is 77.8 Å². The fraction of sp³-hybridized carbons (Fsp3) is 0.462. The van der Waals surface area contributed by atoms with Crippen LogP contribution in [0.4, 0.5) is 0 Å². The van der Waals surface area contributed by atoms with Crippen LogP contribution in [0.2, 0.25) is 0 Å². The molecule has 3 aromatic carbocycles. The molecule has 0 bridgehead atoms. The molecule has 1 fully saturated rings. The molecule has 9 amide bonds. The Morgan fingerprint density at radius 1 is 0.753 bits per heavy atom. The second-order valence-corrected chi connectivity index (χ2v) is 23.7. The number of unbranched alkanes of at least 4 members (excludes halogenated alkanes) is 1. The van der Waals surface area contributed by atoms with Crippen LogP contribution in [0.3, 0.4) is 0 Å². The Kier molecular flexibility index (Phi) is 27.2. The molecule has 0 radical (unpaired) electrons. The van der Waals surface area contributed by atoms with Gasteiger partial charge >= 0.3 is 0 Å². The van der Waals surface area contributed by atoms with Crippen molar-refractivity contribution in [1.82, 2.24) is 42.5 Å². The molecule has 29 heteroatoms. The Hall–Kier alpha value is -6.93. The third kappa shape index (κ3) is 22.5. The first kappa shape index (κ1) is 66.6. The number of nitrogens with zero attached hydrogens (tertiary/aromatic N) is 1. The molecule has 0 saturated carbocycles. The molecule has 1 heterocycles. The summed E-state index contributed by atoms with van der Waals surface area (Å²) in [7, 11) is 1.97. The third-order valence-corrected chi connectivity index (χ3v) is 16.7. The van der Waals surface area contributed by atoms with Gasteiger partial charge in [-0.1, -0.05) is 70.1 Å². The summed E-state index contributed by atoms with van der Waals surface area (Å²) in [6.45, 7) is 1.81. The average molecular weight is 1280 g/mol. The van der Waals surface area contributed by atoms with Crippen LogP contribution >= 0.6 is 44.2 Å². The fourth-order valence-corrected chi connectivity index (χ4v) is 11.5. The molecule has 3 aromatic rings. The van der Waals surface area contributed by atoms with Crippen molar-refractivity contribution in [2.75, 3.05) is 32.0 Å². The highest BCUT2D eigenvalue weighted by atomic mass is 127. The van der Waals surface area contributed by atoms with Gasteiger partial charge in [0, 0.05) is 29.9 Å². The summed E-state index contributed by atoms with van der Waals surface area (Å²) in [5.74, 6) is -8.59. The minimum atomic E-state index is -1.68. The predicted molar refractivity (Wildman–Crippen MR) is 314 cm³/mol. The van der Waals surface area contributed by atoms with Crippen LogP contribution in [-0.2, 0) is 62.4 Å². The van der Waals surface area contributed by atoms with E-state index in [9.17, 15) is 58.5 Å². The SMILES string of the molecule is CC1(C)SSC[C@H](C(=O)N[C@@H](CCCCN)C(=O)N[C@@H](CCCN=C(N)N)C(N)=O)NC(=O)[C@@H](Cc2ccccc2)NC(=O)[C@H](CO)NC(=O)CNC(=O)[C@H](Cc2ccc(O)c(I)c2)NC(=O)[C@@H]1NC(=O)[C@@H](N)Cc1ccc(O)cc1. The van der Waals surface area contributed by atoms with E-state index in [-0.39, 0.29) is 74.8 Å². The summed E-state index contributed by atoms with van der Waals surface area (Å²) in [5.41, 5.74) is 30.3. The number of phenolic OH excluding ortho intramolecular Hbond substituents is 2. The van der Waals surface area contributed by atoms with Gasteiger partial charge in [-0.2, -0.15) is 0 Å². The maximum atomic E-state index is 14.8. The number of phenols is 2. The number of carbonyl (C=O) groups is 9. The molecule has 0 spiro atoms. The van der Waals surface area contributed by atoms with Crippen molar-refractivity contribution < 1.29 is 58.5 Å². The summed E-state index contributed by atoms with van der Waals surface area (Å²) in [6, 6.07) is 7.46. The number of aliphatic hydroxyl groups excluding tert-OH is 1. The Morgan fingerprint density at radius 2 is 1.38 bits per heavy atom. The molecule has 81 heavy (non-hydrogen) atoms. The highest BCUT2D eigenvalue weighted by Gasteiger charge is 2.41. The van der Waals surface area contributed by atoms with E-state index in [1.54, 1.807) is 62.4 Å². The first-order chi connectivity index (χ1) is 38.4. The minimum Gasteiger partial charge on any atom is -0.508 e. The highest BCUT2D eigenvalue weighted by Crippen LogP contribution is 2.39. The fourth-order valence-electron chi connectivity index (χ4n) is 8.07. The molecule has 0 aromatic heterocycles. The quantitative estimate of drug-likeness (QED) is 0.0161. The van der Waals surface area contributed by atoms with Crippen LogP contribution in [0, 0.1) is 3.57 Å². The Labute approximate surface area is 490 Å². The maximum absolute atomic E-state index is 14.8. The number of primary amides is 1. The smallest absolute Gasteiger partial charge is 0.245 e. The lowest BCUT2D eigenvalue weighted by molar-refractivity contribution is -0.135. The zero-order valence-electron chi connectivity index (χ0n) is 44.8. The third-order valence-electron chi connectivity index (χ3n) is 12.6. The topological polar surface area (TPSA) is 453 Å². The summed E-state index contributed by atoms with van der Waals surface area (Å²) in [6.07, 6.45) is 0.665. The first-order valence-electron chi connectivity index (χ1n) is 25.8. The van der Waals surface area contributed by atoms with Gasteiger partial charge < -0.3 is 86.5 Å². The summed E-state index contributed by atoms with van der Waals surface area (Å²) < 4.78 is -0.968. The maximum Gasteiger partial charge on any atom is 0.245 e. The van der Waals surface area contributed by atoms with Crippen LogP contribution in [0.25, 0.3) is 0 Å². The van der Waals surface area contributed by atoms with Gasteiger partial charge in [-0.25, -0.2) is 0 Å². The van der Waals surface area contributed by atoms with Crippen molar-refractivity contribution in [1.29, 1.82) is 0 Å². The van der Waals surface area contributed by atoms with Gasteiger partial charge in [-0.3, -0.25) is 48.1 Å². The number of amides is 9. The minimum absolute atomic E-state index is 0.0150. The summed E-state index contributed by atoms with van der Waals surface area (Å²) in [5, 5.41) is 51.2. The number of aromatic hydroxyl groups is 2. The molecule has 442 valence electrons. The van der Waals surface area contributed by atoms with Crippen LogP contribution < -0.4 is 71.2 Å². The number of carbonyl (C=O) groups excluding carboxylic acids is 9. The van der Waals surface area contributed by atoms with Crippen LogP contribution in [0.1, 0.15) is 62.6 Å². The van der Waals surface area contributed by atoms with Gasteiger partial charge in [0.05, 0.1) is 22.8 Å². The number of aliphatic imine (C=N–C) groups is 1. The first-order valence-corrected chi connectivity index (χ1v) is 29.2. The second kappa shape index (κ2) is 33.1. The van der Waals surface area contributed by atoms with E-state index >= 15 is 0 Å². The molecular formula is C52H73IN14O12S2. The summed E-state index contributed by atoms with van der Waals surface area (Å²) >= 11 is 1.88. The van der Waals surface area contributed by atoms with Crippen molar-refractivity contribution in [3.63, 3.8) is 0 Å². The number of rotatable bonds is 22. The van der Waals surface area contributed by atoms with Crippen molar-refractivity contribution in [3.8, 4) is 11.5 Å². The van der Waals surface area contributed by atoms with Gasteiger partial charge in [0.15, 0.2) is 5.96 Å². The molecular weight excluding hydrogens is 1200 g/mol. The number of aliphatic hydroxyl groups is 1. The van der Waals surface area contributed by atoms with E-state index in [0.717, 1.165) is 21.6 Å². The lowest BCUT2D eigenvalue weighted by Gasteiger charge is -2.35. The number of benzene rings is 3. The molecule has 1 aliphatic heterocycles. The van der Waals surface area contributed by atoms with Crippen molar-refractivity contribution in [3.05, 3.63) is 93.1 Å². The molecule has 0 aliphatic carbocycles. The lowest BCUT2D eigenvalue weighted by Crippen LogP contribution is -2.62. The largest absolute Gasteiger partial charge is 0.508 e. The van der Waals surface area contributed by atoms with Gasteiger partial charge in [-0.05, 0) is 122 Å². The molecule has 26 nitrogen and oxygen atoms in total. The monoisotopic (exact) mass is 1280 g/mol. The number of hydrogen-bond acceptors (Lipinski definition) is 17. The molecule has 4 rings (SSSR count). The van der Waals surface area contributed by atoms with Gasteiger partial charge in [0.25, 0.3) is 0 Å². The number of nitrogens with one attached hydrogen (secondary N) is 8. The van der Waals surface area contributed by atoms with E-state index in [1.165, 1.54) is 24.3 Å². The normalized spacial score (nSPS) is 20.5. The Morgan fingerprint density at radius 3 is 2.02 bits per heavy atom. The van der Waals surface area contributed by atoms with Crippen molar-refractivity contribution in [2.24, 2.45) is 33.7 Å². The molecule has 1 saturated heterocycles. The number of halogens is 1. The van der Waals surface area contributed by atoms with Gasteiger partial charge in [0.2, 0.25) is 53.2 Å². The predicted octanol–water partition coefficient (Wildman–Crippen LogP) is -2.60. The van der Waals surface area contributed by atoms with Crippen molar-refractivity contribution in [2.45, 2.75) is 118 Å². The standard InChI is InChI=1S/C52H73IN14O12S2/c1-52(2)42(67-44(73)33(55)22-29-13-16-31(69)17-14-29)50(79)65-36(24-30-15-18-40(70)32(53)21-30)45(74)60-25-41(71)61-38(26-68)48(77)64-37(23-28-9-4-3-5-10-28)47(76)66-39(27-80-81-52)49(78)63-35(11-6-7-19-54)46(75)62-34(43(56)72)12-8-20-59-51(57)58/h3-5,9-10,13-18,21,33-39,42,68-70H,6-8,11-12,19-20,22-27,54-55H2,1-2H3,(H2,56,72)(H,60,74)(H,61,71)(H,62,75)(H,63,78)(H,64,77)(H,65,79)(H,66,76)(H,67,73)(H4,57,58,59)/t33-,34-,35-,36-,37+,38-,39+,42-/m0/s1. The zero-order chi connectivity index (χ0) is 59.8. The Balaban J connectivity index is 1.81. The van der Waals surface area contributed by atoms with E-state index in [1.807, 2.05) is 22.6 Å². The molecule has 21 N–H and O–H groups in total. The number of nitrogens with two attached hydrogens (primary N) is 5. The van der Waals surface area contributed by atoms with E-state index in [4.69, 9.17) is 28.7 Å². The second-order valence-electron chi connectivity index (χ2n) is 19.5. The highest BCUT2D eigenvalue weighted by molar-refractivity contribution is 14.1. The average Bonchev–Trinajstić information content (AvgIpc) is 3.45. The number of guanidine groups is 1. The van der Waals surface area contributed by atoms with Gasteiger partial charge in [-0.15, -0.1) is 0 Å². The zero-order valence-corrected chi connectivity index (χ0v) is 48.6. The van der Waals surface area contributed by atoms with Crippen LogP contribution in [0.5, 0.6) is 11.5 Å². The Bertz CT molecular complexity index is 2690. The lowest BCUT2D eigenvalue weighted by atomic mass is 9.99. The van der Waals surface area contributed by atoms with Crippen LogP contribution in [-0.4, -0.2) is 160 Å².